The summed E-state index contributed by atoms with van der Waals surface area (Å²) in [6.07, 6.45) is 6.01. The highest BCUT2D eigenvalue weighted by Crippen LogP contribution is 2.35. The fourth-order valence-corrected chi connectivity index (χ4v) is 4.66. The fraction of sp³-hybridized carbons (Fsp3) is 0.571. The lowest BCUT2D eigenvalue weighted by Crippen LogP contribution is -2.40. The van der Waals surface area contributed by atoms with Crippen LogP contribution < -0.4 is 9.47 Å². The van der Waals surface area contributed by atoms with Crippen molar-refractivity contribution in [1.82, 2.24) is 9.88 Å². The second kappa shape index (κ2) is 9.53. The number of rotatable bonds is 8. The number of hydrogen-bond donors (Lipinski definition) is 1. The highest BCUT2D eigenvalue weighted by atomic mass is 32.1. The summed E-state index contributed by atoms with van der Waals surface area (Å²) in [6, 6.07) is 6.36. The quantitative estimate of drug-likeness (QED) is 0.726. The van der Waals surface area contributed by atoms with Crippen molar-refractivity contribution in [2.75, 3.05) is 20.8 Å². The molecule has 0 aliphatic heterocycles. The van der Waals surface area contributed by atoms with Gasteiger partial charge in [-0.15, -0.1) is 11.3 Å². The molecule has 6 heteroatoms. The molecule has 1 aliphatic carbocycles. The lowest BCUT2D eigenvalue weighted by atomic mass is 9.94. The number of aliphatic hydroxyl groups excluding tert-OH is 1. The zero-order valence-corrected chi connectivity index (χ0v) is 17.3. The molecule has 1 aliphatic rings. The average molecular weight is 391 g/mol. The Kier molecular flexibility index (Phi) is 7.10. The molecule has 1 unspecified atom stereocenters. The molecule has 0 bridgehead atoms. The Hall–Kier alpha value is -1.63. The second-order valence-corrected chi connectivity index (χ2v) is 8.14. The van der Waals surface area contributed by atoms with Gasteiger partial charge in [-0.2, -0.15) is 0 Å². The topological polar surface area (TPSA) is 54.8 Å². The van der Waals surface area contributed by atoms with Crippen LogP contribution in [0.4, 0.5) is 0 Å². The predicted octanol–water partition coefficient (Wildman–Crippen LogP) is 4.34. The van der Waals surface area contributed by atoms with Gasteiger partial charge >= 0.3 is 0 Å². The Labute approximate surface area is 166 Å². The van der Waals surface area contributed by atoms with Gasteiger partial charge in [-0.1, -0.05) is 19.3 Å². The third-order valence-corrected chi connectivity index (χ3v) is 6.07. The van der Waals surface area contributed by atoms with Crippen LogP contribution in [0.1, 0.15) is 44.7 Å². The van der Waals surface area contributed by atoms with Crippen molar-refractivity contribution < 1.29 is 14.6 Å². The summed E-state index contributed by atoms with van der Waals surface area (Å²) >= 11 is 1.63. The largest absolute Gasteiger partial charge is 0.497 e. The summed E-state index contributed by atoms with van der Waals surface area (Å²) in [5.41, 5.74) is 2.04. The van der Waals surface area contributed by atoms with Gasteiger partial charge in [0.1, 0.15) is 16.5 Å². The zero-order chi connectivity index (χ0) is 19.2. The van der Waals surface area contributed by atoms with Gasteiger partial charge in [0.15, 0.2) is 0 Å². The van der Waals surface area contributed by atoms with Crippen LogP contribution in [-0.4, -0.2) is 47.9 Å². The van der Waals surface area contributed by atoms with E-state index in [1.54, 1.807) is 25.6 Å². The van der Waals surface area contributed by atoms with E-state index in [1.165, 1.54) is 32.1 Å². The molecule has 1 fully saturated rings. The monoisotopic (exact) mass is 390 g/mol. The first-order valence-electron chi connectivity index (χ1n) is 9.69. The van der Waals surface area contributed by atoms with Gasteiger partial charge in [0.25, 0.3) is 0 Å². The molecule has 0 amide bonds. The van der Waals surface area contributed by atoms with E-state index in [9.17, 15) is 5.11 Å². The van der Waals surface area contributed by atoms with E-state index in [-0.39, 0.29) is 6.10 Å². The molecule has 0 radical (unpaired) electrons. The predicted molar refractivity (Wildman–Crippen MR) is 110 cm³/mol. The van der Waals surface area contributed by atoms with Gasteiger partial charge < -0.3 is 14.6 Å². The minimum atomic E-state index is -0.327. The fourth-order valence-electron chi connectivity index (χ4n) is 3.81. The first-order chi connectivity index (χ1) is 13.1. The van der Waals surface area contributed by atoms with Gasteiger partial charge in [-0.25, -0.2) is 4.98 Å². The van der Waals surface area contributed by atoms with Crippen LogP contribution in [0.25, 0.3) is 10.6 Å². The summed E-state index contributed by atoms with van der Waals surface area (Å²) in [7, 11) is 3.32. The summed E-state index contributed by atoms with van der Waals surface area (Å²) in [4.78, 5) is 7.27. The number of aliphatic hydroxyl groups is 1. The molecular formula is C21H30N2O3S. The number of thiazole rings is 1. The zero-order valence-electron chi connectivity index (χ0n) is 16.5. The van der Waals surface area contributed by atoms with Crippen LogP contribution in [0.3, 0.4) is 0 Å². The van der Waals surface area contributed by atoms with Gasteiger partial charge in [0.05, 0.1) is 31.6 Å². The smallest absolute Gasteiger partial charge is 0.132 e. The van der Waals surface area contributed by atoms with E-state index in [1.807, 2.05) is 25.1 Å². The normalized spacial score (nSPS) is 16.5. The van der Waals surface area contributed by atoms with Crippen molar-refractivity contribution in [2.24, 2.45) is 0 Å². The van der Waals surface area contributed by atoms with Crippen LogP contribution in [0.2, 0.25) is 0 Å². The second-order valence-electron chi connectivity index (χ2n) is 7.28. The SMILES string of the molecule is COc1ccc(-c2nc(CN(CC(C)O)C3CCCCC3)cs2)c(OC)c1. The summed E-state index contributed by atoms with van der Waals surface area (Å²) < 4.78 is 10.8. The number of nitrogens with zero attached hydrogens (tertiary/aromatic N) is 2. The molecule has 1 heterocycles. The Bertz CT molecular complexity index is 726. The Morgan fingerprint density at radius 1 is 1.22 bits per heavy atom. The third-order valence-electron chi connectivity index (χ3n) is 5.15. The average Bonchev–Trinajstić information content (AvgIpc) is 3.15. The number of methoxy groups -OCH3 is 2. The highest BCUT2D eigenvalue weighted by Gasteiger charge is 2.23. The standard InChI is InChI=1S/C21H30N2O3S/c1-15(24)12-23(17-7-5-4-6-8-17)13-16-14-27-21(22-16)19-10-9-18(25-2)11-20(19)26-3/h9-11,14-15,17,24H,4-8,12-13H2,1-3H3. The van der Waals surface area contributed by atoms with E-state index in [0.717, 1.165) is 34.3 Å². The van der Waals surface area contributed by atoms with Crippen LogP contribution >= 0.6 is 11.3 Å². The molecule has 0 saturated heterocycles. The Morgan fingerprint density at radius 2 is 2.00 bits per heavy atom. The molecule has 3 rings (SSSR count). The van der Waals surface area contributed by atoms with E-state index in [0.29, 0.717) is 12.6 Å². The van der Waals surface area contributed by atoms with Gasteiger partial charge in [-0.3, -0.25) is 4.90 Å². The van der Waals surface area contributed by atoms with E-state index in [4.69, 9.17) is 14.5 Å². The number of benzene rings is 1. The third kappa shape index (κ3) is 5.21. The van der Waals surface area contributed by atoms with E-state index >= 15 is 0 Å². The molecule has 5 nitrogen and oxygen atoms in total. The molecule has 0 spiro atoms. The van der Waals surface area contributed by atoms with Crippen LogP contribution in [0, 0.1) is 0 Å². The number of aromatic nitrogens is 1. The van der Waals surface area contributed by atoms with Crippen LogP contribution in [-0.2, 0) is 6.54 Å². The van der Waals surface area contributed by atoms with Crippen LogP contribution in [0.5, 0.6) is 11.5 Å². The molecule has 148 valence electrons. The molecule has 1 saturated carbocycles. The minimum Gasteiger partial charge on any atom is -0.497 e. The molecule has 2 aromatic rings. The van der Waals surface area contributed by atoms with Crippen molar-refractivity contribution in [3.63, 3.8) is 0 Å². The maximum atomic E-state index is 9.94. The van der Waals surface area contributed by atoms with E-state index in [2.05, 4.69) is 10.3 Å². The van der Waals surface area contributed by atoms with Crippen molar-refractivity contribution >= 4 is 11.3 Å². The molecule has 1 N–H and O–H groups in total. The highest BCUT2D eigenvalue weighted by molar-refractivity contribution is 7.13. The van der Waals surface area contributed by atoms with Crippen molar-refractivity contribution in [3.05, 3.63) is 29.3 Å². The summed E-state index contributed by atoms with van der Waals surface area (Å²) in [5, 5.41) is 13.0. The van der Waals surface area contributed by atoms with Gasteiger partial charge in [-0.05, 0) is 31.9 Å². The molecule has 1 aromatic heterocycles. The Balaban J connectivity index is 1.77. The maximum absolute atomic E-state index is 9.94. The molecule has 1 atom stereocenters. The lowest BCUT2D eigenvalue weighted by Gasteiger charge is -2.34. The molecular weight excluding hydrogens is 360 g/mol. The van der Waals surface area contributed by atoms with Crippen molar-refractivity contribution in [3.8, 4) is 22.1 Å². The minimum absolute atomic E-state index is 0.327. The Morgan fingerprint density at radius 3 is 2.67 bits per heavy atom. The molecule has 1 aromatic carbocycles. The summed E-state index contributed by atoms with van der Waals surface area (Å²) in [6.45, 7) is 3.35. The number of ether oxygens (including phenoxy) is 2. The first kappa shape index (κ1) is 20.1. The van der Waals surface area contributed by atoms with Crippen molar-refractivity contribution in [1.29, 1.82) is 0 Å². The van der Waals surface area contributed by atoms with Gasteiger partial charge in [0.2, 0.25) is 0 Å². The maximum Gasteiger partial charge on any atom is 0.132 e. The number of hydrogen-bond acceptors (Lipinski definition) is 6. The molecule has 27 heavy (non-hydrogen) atoms. The van der Waals surface area contributed by atoms with E-state index < -0.39 is 0 Å². The van der Waals surface area contributed by atoms with Crippen molar-refractivity contribution in [2.45, 2.75) is 57.7 Å². The summed E-state index contributed by atoms with van der Waals surface area (Å²) in [5.74, 6) is 1.54. The first-order valence-corrected chi connectivity index (χ1v) is 10.6. The van der Waals surface area contributed by atoms with Crippen LogP contribution in [0.15, 0.2) is 23.6 Å². The van der Waals surface area contributed by atoms with Gasteiger partial charge in [0, 0.05) is 30.6 Å². The lowest BCUT2D eigenvalue weighted by molar-refractivity contribution is 0.0761.